The maximum atomic E-state index is 11.9. The molecule has 61 heavy (non-hydrogen) atoms. The molecule has 0 bridgehead atoms. The van der Waals surface area contributed by atoms with Crippen molar-refractivity contribution in [2.24, 2.45) is 15.9 Å². The van der Waals surface area contributed by atoms with Gasteiger partial charge < -0.3 is 57.2 Å². The summed E-state index contributed by atoms with van der Waals surface area (Å²) in [5.41, 5.74) is 0. The van der Waals surface area contributed by atoms with E-state index >= 15 is 0 Å². The second-order valence-corrected chi connectivity index (χ2v) is 19.6. The summed E-state index contributed by atoms with van der Waals surface area (Å²) in [6.07, 6.45) is 2.69. The summed E-state index contributed by atoms with van der Waals surface area (Å²) in [4.78, 5) is 38.4. The van der Waals surface area contributed by atoms with Crippen molar-refractivity contribution in [2.75, 3.05) is 170 Å². The van der Waals surface area contributed by atoms with Crippen molar-refractivity contribution in [1.82, 2.24) is 0 Å². The highest BCUT2D eigenvalue weighted by Crippen LogP contribution is 2.35. The van der Waals surface area contributed by atoms with Crippen molar-refractivity contribution in [2.45, 2.75) is 38.8 Å². The summed E-state index contributed by atoms with van der Waals surface area (Å²) >= 11 is 15.3. The lowest BCUT2D eigenvalue weighted by Gasteiger charge is -2.21. The first-order valence-corrected chi connectivity index (χ1v) is 28.0. The van der Waals surface area contributed by atoms with Crippen LogP contribution in [0.25, 0.3) is 0 Å². The van der Waals surface area contributed by atoms with Gasteiger partial charge in [0.2, 0.25) is 0 Å². The fraction of sp³-hybridized carbons (Fsp3) is 0.919. The van der Waals surface area contributed by atoms with Crippen LogP contribution in [0.4, 0.5) is 0 Å². The molecule has 0 aliphatic carbocycles. The second-order valence-electron chi connectivity index (χ2n) is 12.6. The van der Waals surface area contributed by atoms with E-state index in [1.165, 1.54) is 0 Å². The second kappa shape index (κ2) is 44.2. The quantitative estimate of drug-likeness (QED) is 0.0278. The Kier molecular flexibility index (Phi) is 43.0. The number of hydrogen-bond acceptors (Lipinski definition) is 21. The zero-order chi connectivity index (χ0) is 44.3. The SMILES string of the molecule is CC(CSCCOCCOCCSCCCOC1=NC(OCCCSCCOCCOCCS)=NC(OCCCSCCOCCOCCS)C1)C(=O)OCCOP(=O)(O)O. The average Bonchev–Trinajstić information content (AvgIpc) is 3.24. The van der Waals surface area contributed by atoms with E-state index in [1.807, 2.05) is 23.5 Å². The molecule has 1 aliphatic rings. The molecule has 0 aromatic carbocycles. The van der Waals surface area contributed by atoms with Crippen LogP contribution in [0.5, 0.6) is 0 Å². The molecule has 2 atom stereocenters. The summed E-state index contributed by atoms with van der Waals surface area (Å²) in [7, 11) is -4.56. The van der Waals surface area contributed by atoms with Crippen molar-refractivity contribution in [3.63, 3.8) is 0 Å². The Labute approximate surface area is 391 Å². The van der Waals surface area contributed by atoms with Crippen molar-refractivity contribution in [1.29, 1.82) is 0 Å². The van der Waals surface area contributed by atoms with Crippen molar-refractivity contribution < 1.29 is 71.0 Å². The molecule has 2 N–H and O–H groups in total. The monoisotopic (exact) mass is 1010 g/mol. The van der Waals surface area contributed by atoms with Crippen molar-refractivity contribution in [3.05, 3.63) is 0 Å². The van der Waals surface area contributed by atoms with Crippen LogP contribution in [-0.2, 0) is 61.3 Å². The van der Waals surface area contributed by atoms with Crippen LogP contribution >= 0.6 is 80.1 Å². The van der Waals surface area contributed by atoms with Crippen LogP contribution in [0.2, 0.25) is 0 Å². The number of esters is 1. The van der Waals surface area contributed by atoms with Gasteiger partial charge in [-0.1, -0.05) is 6.92 Å². The normalized spacial score (nSPS) is 14.8. The number of thioether (sulfide) groups is 4. The molecule has 24 heteroatoms. The number of amidine groups is 1. The largest absolute Gasteiger partial charge is 0.480 e. The van der Waals surface area contributed by atoms with E-state index in [-0.39, 0.29) is 19.1 Å². The van der Waals surface area contributed by atoms with Gasteiger partial charge in [-0.3, -0.25) is 9.32 Å². The molecule has 1 rings (SSSR count). The Morgan fingerprint density at radius 2 is 1.11 bits per heavy atom. The molecular formula is C37H71N2O15PS6. The summed E-state index contributed by atoms with van der Waals surface area (Å²) in [6, 6.07) is 0.306. The first-order chi connectivity index (χ1) is 29.7. The topological polar surface area (TPSA) is 201 Å². The third kappa shape index (κ3) is 41.5. The number of thiol groups is 2. The highest BCUT2D eigenvalue weighted by Gasteiger charge is 2.21. The number of rotatable bonds is 45. The third-order valence-electron chi connectivity index (χ3n) is 7.37. The first kappa shape index (κ1) is 59.4. The van der Waals surface area contributed by atoms with E-state index in [0.29, 0.717) is 140 Å². The van der Waals surface area contributed by atoms with Gasteiger partial charge in [-0.2, -0.15) is 77.3 Å². The summed E-state index contributed by atoms with van der Waals surface area (Å²) in [6.45, 7) is 10.0. The highest BCUT2D eigenvalue weighted by atomic mass is 32.2. The summed E-state index contributed by atoms with van der Waals surface area (Å²) in [5, 5.41) is 0. The lowest BCUT2D eigenvalue weighted by atomic mass is 10.2. The number of carbonyl (C=O) groups excluding carboxylic acids is 1. The molecule has 0 aromatic rings. The molecule has 17 nitrogen and oxygen atoms in total. The van der Waals surface area contributed by atoms with Crippen LogP contribution in [0, 0.1) is 5.92 Å². The van der Waals surface area contributed by atoms with Gasteiger partial charge >= 0.3 is 19.8 Å². The third-order valence-corrected chi connectivity index (χ3v) is 12.5. The zero-order valence-corrected chi connectivity index (χ0v) is 41.6. The lowest BCUT2D eigenvalue weighted by molar-refractivity contribution is -0.148. The molecule has 0 amide bonds. The number of aliphatic imine (C=N–C) groups is 2. The average molecular weight is 1010 g/mol. The van der Waals surface area contributed by atoms with Crippen LogP contribution in [0.3, 0.4) is 0 Å². The molecule has 0 saturated carbocycles. The van der Waals surface area contributed by atoms with Gasteiger partial charge in [0.05, 0.1) is 118 Å². The molecule has 0 aromatic heterocycles. The van der Waals surface area contributed by atoms with Gasteiger partial charge in [-0.15, -0.1) is 0 Å². The maximum Gasteiger partial charge on any atom is 0.469 e. The summed E-state index contributed by atoms with van der Waals surface area (Å²) < 4.78 is 71.2. The van der Waals surface area contributed by atoms with E-state index < -0.39 is 20.0 Å². The number of nitrogens with zero attached hydrogens (tertiary/aromatic N) is 2. The minimum absolute atomic E-state index is 0.211. The fourth-order valence-electron chi connectivity index (χ4n) is 4.45. The van der Waals surface area contributed by atoms with Crippen LogP contribution in [0.1, 0.15) is 32.6 Å². The van der Waals surface area contributed by atoms with Gasteiger partial charge in [-0.05, 0) is 36.5 Å². The van der Waals surface area contributed by atoms with E-state index in [0.717, 1.165) is 53.8 Å². The Morgan fingerprint density at radius 3 is 1.62 bits per heavy atom. The number of hydrogen-bond donors (Lipinski definition) is 4. The van der Waals surface area contributed by atoms with Gasteiger partial charge in [0, 0.05) is 40.3 Å². The minimum Gasteiger partial charge on any atom is -0.480 e. The number of carbonyl (C=O) groups is 1. The van der Waals surface area contributed by atoms with Crippen molar-refractivity contribution in [3.8, 4) is 0 Å². The van der Waals surface area contributed by atoms with Crippen LogP contribution < -0.4 is 0 Å². The van der Waals surface area contributed by atoms with Crippen molar-refractivity contribution >= 4 is 98.0 Å². The Hall–Kier alpha value is 0.340. The smallest absolute Gasteiger partial charge is 0.469 e. The van der Waals surface area contributed by atoms with E-state index in [1.54, 1.807) is 30.4 Å². The Bertz CT molecular complexity index is 1140. The minimum atomic E-state index is -4.56. The molecule has 2 unspecified atom stereocenters. The standard InChI is InChI=1S/C37H71N2O15PS6/c1-33(36(40)52-14-15-54-55(41,42)43)32-61-30-21-49-13-12-48-20-28-59-25-3-6-51-35-31-34(50-5-2-24-58-27-18-46-10-8-44-16-22-56)38-37(39-35)53-7-4-26-60-29-19-47-11-9-45-17-23-57/h33-34,56-57H,2-32H2,1H3,(H2,41,42,43). The Balaban J connectivity index is 2.20. The van der Waals surface area contributed by atoms with Crippen LogP contribution in [0.15, 0.2) is 9.98 Å². The lowest BCUT2D eigenvalue weighted by Crippen LogP contribution is -2.26. The molecule has 1 aliphatic heterocycles. The zero-order valence-electron chi connectivity index (χ0n) is 35.6. The molecule has 0 spiro atoms. The number of phosphoric ester groups is 1. The first-order valence-electron chi connectivity index (χ1n) is 20.6. The summed E-state index contributed by atoms with van der Waals surface area (Å²) in [5.74, 6) is 8.02. The fourth-order valence-corrected chi connectivity index (χ4v) is 8.20. The Morgan fingerprint density at radius 1 is 0.639 bits per heavy atom. The van der Waals surface area contributed by atoms with Gasteiger partial charge in [0.15, 0.2) is 12.1 Å². The van der Waals surface area contributed by atoms with E-state index in [4.69, 9.17) is 57.2 Å². The van der Waals surface area contributed by atoms with Gasteiger partial charge in [-0.25, -0.2) is 9.56 Å². The molecule has 1 heterocycles. The predicted molar refractivity (Wildman–Crippen MR) is 255 cm³/mol. The maximum absolute atomic E-state index is 11.9. The van der Waals surface area contributed by atoms with Gasteiger partial charge in [0.25, 0.3) is 0 Å². The highest BCUT2D eigenvalue weighted by molar-refractivity contribution is 7.99. The van der Waals surface area contributed by atoms with Crippen LogP contribution in [-0.4, -0.2) is 204 Å². The molecule has 360 valence electrons. The van der Waals surface area contributed by atoms with Gasteiger partial charge in [0.1, 0.15) is 6.61 Å². The number of ether oxygens (including phenoxy) is 10. The van der Waals surface area contributed by atoms with E-state index in [2.05, 4.69) is 39.8 Å². The molecule has 0 fully saturated rings. The molecular weight excluding hydrogens is 936 g/mol. The number of phosphoric acid groups is 1. The molecule has 0 saturated heterocycles. The molecule has 0 radical (unpaired) electrons. The predicted octanol–water partition coefficient (Wildman–Crippen LogP) is 4.87. The van der Waals surface area contributed by atoms with E-state index in [9.17, 15) is 9.36 Å².